The molecule has 6 nitrogen and oxygen atoms in total. The zero-order chi connectivity index (χ0) is 43.8. The number of carbonyl (C=O) groups excluding carboxylic acids is 2. The third-order valence-electron chi connectivity index (χ3n) is 11.8. The summed E-state index contributed by atoms with van der Waals surface area (Å²) in [5, 5.41) is 23.8. The second kappa shape index (κ2) is 47.9. The van der Waals surface area contributed by atoms with Crippen molar-refractivity contribution in [2.45, 2.75) is 277 Å². The van der Waals surface area contributed by atoms with E-state index in [1.54, 1.807) is 0 Å². The van der Waals surface area contributed by atoms with Crippen LogP contribution in [0.15, 0.2) is 48.6 Å². The molecule has 0 aromatic heterocycles. The number of allylic oxidation sites excluding steroid dienone is 8. The predicted molar refractivity (Wildman–Crippen MR) is 259 cm³/mol. The maximum Gasteiger partial charge on any atom is 0.306 e. The van der Waals surface area contributed by atoms with Gasteiger partial charge < -0.3 is 20.3 Å². The van der Waals surface area contributed by atoms with E-state index in [1.165, 1.54) is 141 Å². The minimum Gasteiger partial charge on any atom is -0.462 e. The zero-order valence-electron chi connectivity index (χ0n) is 39.8. The maximum absolute atomic E-state index is 13.2. The highest BCUT2D eigenvalue weighted by Gasteiger charge is 2.24. The summed E-state index contributed by atoms with van der Waals surface area (Å²) in [6.07, 6.45) is 57.3. The molecule has 0 fully saturated rings. The van der Waals surface area contributed by atoms with Crippen LogP contribution < -0.4 is 5.32 Å². The molecule has 0 aliphatic rings. The summed E-state index contributed by atoms with van der Waals surface area (Å²) in [4.78, 5) is 26.1. The summed E-state index contributed by atoms with van der Waals surface area (Å²) in [7, 11) is 0. The highest BCUT2D eigenvalue weighted by Crippen LogP contribution is 2.18. The van der Waals surface area contributed by atoms with Gasteiger partial charge in [-0.05, 0) is 51.4 Å². The number of unbranched alkanes of at least 4 members (excludes halogenated alkanes) is 29. The number of aliphatic hydroxyl groups is 2. The Morgan fingerprint density at radius 2 is 0.850 bits per heavy atom. The molecule has 0 aliphatic carbocycles. The van der Waals surface area contributed by atoms with E-state index in [0.29, 0.717) is 19.3 Å². The Hall–Kier alpha value is -2.18. The first kappa shape index (κ1) is 57.8. The Balaban J connectivity index is 4.66. The van der Waals surface area contributed by atoms with Gasteiger partial charge in [0.25, 0.3) is 0 Å². The molecule has 0 saturated heterocycles. The first-order chi connectivity index (χ1) is 29.5. The van der Waals surface area contributed by atoms with Crippen molar-refractivity contribution >= 4 is 11.9 Å². The lowest BCUT2D eigenvalue weighted by atomic mass is 10.0. The summed E-state index contributed by atoms with van der Waals surface area (Å²) in [5.41, 5.74) is 0. The molecule has 0 aromatic carbocycles. The smallest absolute Gasteiger partial charge is 0.306 e. The van der Waals surface area contributed by atoms with Crippen LogP contribution in [0, 0.1) is 0 Å². The van der Waals surface area contributed by atoms with Gasteiger partial charge >= 0.3 is 5.97 Å². The van der Waals surface area contributed by atoms with E-state index in [9.17, 15) is 19.8 Å². The lowest BCUT2D eigenvalue weighted by Crippen LogP contribution is -2.46. The van der Waals surface area contributed by atoms with Crippen LogP contribution in [0.25, 0.3) is 0 Å². The maximum atomic E-state index is 13.2. The van der Waals surface area contributed by atoms with Gasteiger partial charge in [-0.2, -0.15) is 0 Å². The summed E-state index contributed by atoms with van der Waals surface area (Å²) >= 11 is 0. The largest absolute Gasteiger partial charge is 0.462 e. The van der Waals surface area contributed by atoms with E-state index in [2.05, 4.69) is 74.7 Å². The number of hydrogen-bond acceptors (Lipinski definition) is 5. The van der Waals surface area contributed by atoms with Crippen LogP contribution in [-0.2, 0) is 14.3 Å². The van der Waals surface area contributed by atoms with E-state index in [1.807, 2.05) is 0 Å². The topological polar surface area (TPSA) is 95.9 Å². The number of aliphatic hydroxyl groups excluding tert-OH is 2. The van der Waals surface area contributed by atoms with E-state index in [0.717, 1.165) is 70.6 Å². The molecule has 0 heterocycles. The van der Waals surface area contributed by atoms with Crippen LogP contribution >= 0.6 is 0 Å². The van der Waals surface area contributed by atoms with Gasteiger partial charge in [0.05, 0.1) is 25.2 Å². The predicted octanol–water partition coefficient (Wildman–Crippen LogP) is 15.5. The molecule has 0 aromatic rings. The van der Waals surface area contributed by atoms with Crippen molar-refractivity contribution in [2.75, 3.05) is 6.61 Å². The fourth-order valence-corrected chi connectivity index (χ4v) is 7.80. The first-order valence-electron chi connectivity index (χ1n) is 25.9. The molecule has 3 atom stereocenters. The fourth-order valence-electron chi connectivity index (χ4n) is 7.80. The van der Waals surface area contributed by atoms with E-state index in [4.69, 9.17) is 4.74 Å². The molecule has 0 radical (unpaired) electrons. The first-order valence-corrected chi connectivity index (χ1v) is 25.9. The van der Waals surface area contributed by atoms with E-state index < -0.39 is 18.2 Å². The third kappa shape index (κ3) is 42.5. The standard InChI is InChI=1S/C54H99NO5/c1-4-7-10-13-16-19-22-25-26-27-29-30-33-36-39-42-45-50(60-54(59)47-44-41-38-35-32-24-21-18-15-12-9-6-3)48-53(58)55-51(49-56)52(57)46-43-40-37-34-31-28-23-20-17-14-11-8-5-2/h16,19,22,25-27,29-30,50-52,56-57H,4-15,17-18,20-21,23-24,28,31-49H2,1-3H3,(H,55,58)/b19-16+,25-22+,27-26+,30-29+. The van der Waals surface area contributed by atoms with Crippen LogP contribution in [0.4, 0.5) is 0 Å². The van der Waals surface area contributed by atoms with Gasteiger partial charge in [0.15, 0.2) is 0 Å². The van der Waals surface area contributed by atoms with E-state index >= 15 is 0 Å². The van der Waals surface area contributed by atoms with Gasteiger partial charge in [0.1, 0.15) is 6.10 Å². The number of carbonyl (C=O) groups is 2. The molecule has 350 valence electrons. The minimum atomic E-state index is -0.797. The second-order valence-corrected chi connectivity index (χ2v) is 17.7. The van der Waals surface area contributed by atoms with Crippen molar-refractivity contribution in [1.29, 1.82) is 0 Å². The molecule has 1 amide bonds. The van der Waals surface area contributed by atoms with Crippen LogP contribution in [0.2, 0.25) is 0 Å². The molecular formula is C54H99NO5. The molecule has 0 rings (SSSR count). The normalized spacial score (nSPS) is 13.6. The average Bonchev–Trinajstić information content (AvgIpc) is 3.24. The second-order valence-electron chi connectivity index (χ2n) is 17.7. The summed E-state index contributed by atoms with van der Waals surface area (Å²) < 4.78 is 5.91. The molecular weight excluding hydrogens is 743 g/mol. The van der Waals surface area contributed by atoms with Crippen LogP contribution in [0.5, 0.6) is 0 Å². The number of hydrogen-bond donors (Lipinski definition) is 3. The Kier molecular flexibility index (Phi) is 46.1. The number of nitrogens with one attached hydrogen (secondary N) is 1. The van der Waals surface area contributed by atoms with Gasteiger partial charge in [0.2, 0.25) is 5.91 Å². The Bertz CT molecular complexity index is 1040. The highest BCUT2D eigenvalue weighted by atomic mass is 16.5. The minimum absolute atomic E-state index is 0.0539. The average molecular weight is 842 g/mol. The van der Waals surface area contributed by atoms with Gasteiger partial charge in [-0.3, -0.25) is 9.59 Å². The Labute approximate surface area is 372 Å². The van der Waals surface area contributed by atoms with Crippen molar-refractivity contribution in [3.8, 4) is 0 Å². The van der Waals surface area contributed by atoms with Gasteiger partial charge in [-0.15, -0.1) is 0 Å². The number of esters is 1. The van der Waals surface area contributed by atoms with Gasteiger partial charge in [-0.1, -0.05) is 243 Å². The summed E-state index contributed by atoms with van der Waals surface area (Å²) in [6.45, 7) is 6.44. The molecule has 0 saturated carbocycles. The van der Waals surface area contributed by atoms with Gasteiger partial charge in [0, 0.05) is 6.42 Å². The monoisotopic (exact) mass is 842 g/mol. The molecule has 0 bridgehead atoms. The lowest BCUT2D eigenvalue weighted by molar-refractivity contribution is -0.151. The summed E-state index contributed by atoms with van der Waals surface area (Å²) in [5.74, 6) is -0.505. The Morgan fingerprint density at radius 1 is 0.483 bits per heavy atom. The lowest BCUT2D eigenvalue weighted by Gasteiger charge is -2.24. The van der Waals surface area contributed by atoms with Crippen molar-refractivity contribution in [3.63, 3.8) is 0 Å². The highest BCUT2D eigenvalue weighted by molar-refractivity contribution is 5.77. The fraction of sp³-hybridized carbons (Fsp3) is 0.815. The zero-order valence-corrected chi connectivity index (χ0v) is 39.8. The van der Waals surface area contributed by atoms with E-state index in [-0.39, 0.29) is 24.9 Å². The van der Waals surface area contributed by atoms with Crippen LogP contribution in [0.3, 0.4) is 0 Å². The quantitative estimate of drug-likeness (QED) is 0.0322. The molecule has 3 N–H and O–H groups in total. The van der Waals surface area contributed by atoms with Gasteiger partial charge in [-0.25, -0.2) is 0 Å². The Morgan fingerprint density at radius 3 is 1.32 bits per heavy atom. The van der Waals surface area contributed by atoms with Crippen molar-refractivity contribution in [3.05, 3.63) is 48.6 Å². The SMILES string of the molecule is CCCCC/C=C/C=C/C=C/C=C/CCCCCC(CC(=O)NC(CO)C(O)CCCCCCCCCCCCCCC)OC(=O)CCCCCCCCCCCCCC. The van der Waals surface area contributed by atoms with Crippen LogP contribution in [-0.4, -0.2) is 46.9 Å². The number of ether oxygens (including phenoxy) is 1. The number of rotatable bonds is 46. The van der Waals surface area contributed by atoms with Crippen molar-refractivity contribution < 1.29 is 24.5 Å². The van der Waals surface area contributed by atoms with Crippen LogP contribution in [0.1, 0.15) is 258 Å². The molecule has 3 unspecified atom stereocenters. The van der Waals surface area contributed by atoms with Crippen molar-refractivity contribution in [1.82, 2.24) is 5.32 Å². The third-order valence-corrected chi connectivity index (χ3v) is 11.8. The molecule has 0 aliphatic heterocycles. The van der Waals surface area contributed by atoms with Crippen molar-refractivity contribution in [2.24, 2.45) is 0 Å². The molecule has 0 spiro atoms. The summed E-state index contributed by atoms with van der Waals surface area (Å²) in [6, 6.07) is -0.712. The molecule has 60 heavy (non-hydrogen) atoms. The number of amides is 1. The molecule has 6 heteroatoms.